The van der Waals surface area contributed by atoms with Crippen molar-refractivity contribution in [3.63, 3.8) is 0 Å². The predicted molar refractivity (Wildman–Crippen MR) is 465 cm³/mol. The van der Waals surface area contributed by atoms with Crippen LogP contribution >= 0.6 is 0 Å². The quantitative estimate of drug-likeness (QED) is 0.159. The molecule has 113 heavy (non-hydrogen) atoms. The molecule has 0 N–H and O–H groups in total. The SMILES string of the molecule is Cc1ccc2c(c1)c1ccccc1n2-c1ccccc1.Cc1ccc2c3ccccc3n(-c3ccccc3)c2c1.Cc1nc(-c2ccccc2)nc(-c2ccccc2)n1.Cc1nc(-n2c3ccccc3c3ccccc32)nc(-n2c3ccccc3c3ccccc32)n1.Cc1ncncn1.Cn1c2ccccc2c2ccccc21. The van der Waals surface area contributed by atoms with Crippen LogP contribution in [0.1, 0.15) is 28.6 Å². The molecule has 0 aliphatic carbocycles. The minimum atomic E-state index is 0.622. The minimum Gasteiger partial charge on any atom is -0.344 e. The second-order valence-corrected chi connectivity index (χ2v) is 27.7. The Morgan fingerprint density at radius 2 is 0.504 bits per heavy atom. The molecule has 0 aliphatic heterocycles. The topological polar surface area (TPSA) is 141 Å². The predicted octanol–water partition coefficient (Wildman–Crippen LogP) is 23.6. The van der Waals surface area contributed by atoms with Gasteiger partial charge in [-0.2, -0.15) is 15.0 Å². The number of benzene rings is 14. The van der Waals surface area contributed by atoms with Gasteiger partial charge in [0.25, 0.3) is 0 Å². The van der Waals surface area contributed by atoms with Gasteiger partial charge in [0.2, 0.25) is 11.9 Å². The number of hydrogen-bond acceptors (Lipinski definition) is 9. The summed E-state index contributed by atoms with van der Waals surface area (Å²) in [4.78, 5) is 39.1. The molecule has 14 aromatic carbocycles. The van der Waals surface area contributed by atoms with Crippen LogP contribution in [0.2, 0.25) is 0 Å². The van der Waals surface area contributed by atoms with Crippen LogP contribution < -0.4 is 0 Å². The summed E-state index contributed by atoms with van der Waals surface area (Å²) in [6, 6.07) is 122. The maximum atomic E-state index is 5.02. The number of rotatable bonds is 6. The lowest BCUT2D eigenvalue weighted by Crippen LogP contribution is -2.10. The van der Waals surface area contributed by atoms with Crippen LogP contribution in [0, 0.1) is 34.6 Å². The van der Waals surface area contributed by atoms with Gasteiger partial charge >= 0.3 is 0 Å². The van der Waals surface area contributed by atoms with E-state index in [2.05, 4.69) is 365 Å². The zero-order valence-corrected chi connectivity index (χ0v) is 63.4. The standard InChI is InChI=1S/C28H19N5.2C19H15N.C16H13N3.C13H11N.C4H5N3/c1-18-29-27(32-23-14-6-2-10-19(23)20-11-3-7-15-24(20)32)31-28(30-18)33-25-16-8-4-12-21(25)22-13-5-9-17-26(22)33;1-14-11-12-19-17(13-14)16-9-5-6-10-18(16)20(19)15-7-3-2-4-8-15;1-14-11-12-17-16-9-5-6-10-18(16)20(19(17)13-14)15-7-3-2-4-8-15;1-12-17-15(13-8-4-2-5-9-13)19-16(18-12)14-10-6-3-7-11-14;1-14-12-8-4-2-6-10(12)11-7-3-5-9-13(11)14;1-4-6-2-5-3-7-4/h2-17H,1H3;2*2-13H,1H3;2-11H,1H3;2-9H,1H3;2-3H,1H3. The van der Waals surface area contributed by atoms with Crippen LogP contribution in [-0.2, 0) is 7.05 Å². The van der Waals surface area contributed by atoms with Crippen molar-refractivity contribution in [1.82, 2.24) is 67.7 Å². The summed E-state index contributed by atoms with van der Waals surface area (Å²) in [5.74, 6) is 4.84. The Balaban J connectivity index is 0.000000103. The zero-order valence-electron chi connectivity index (χ0n) is 63.4. The first kappa shape index (κ1) is 71.1. The van der Waals surface area contributed by atoms with Crippen molar-refractivity contribution in [3.8, 4) is 46.0 Å². The normalized spacial score (nSPS) is 11.1. The average molecular weight is 1460 g/mol. The summed E-state index contributed by atoms with van der Waals surface area (Å²) >= 11 is 0. The Hall–Kier alpha value is -14.9. The Bertz CT molecular complexity index is 6770. The Kier molecular flexibility index (Phi) is 20.0. The molecule has 0 saturated heterocycles. The Morgan fingerprint density at radius 3 is 0.894 bits per heavy atom. The van der Waals surface area contributed by atoms with Crippen LogP contribution in [0.3, 0.4) is 0 Å². The fourth-order valence-electron chi connectivity index (χ4n) is 15.1. The first-order valence-corrected chi connectivity index (χ1v) is 37.7. The second-order valence-electron chi connectivity index (χ2n) is 27.7. The van der Waals surface area contributed by atoms with Crippen LogP contribution in [0.15, 0.2) is 365 Å². The average Bonchev–Trinajstić information content (AvgIpc) is 1.59. The molecule has 22 aromatic rings. The van der Waals surface area contributed by atoms with E-state index in [4.69, 9.17) is 15.0 Å². The molecule has 22 rings (SSSR count). The van der Waals surface area contributed by atoms with E-state index in [0.717, 1.165) is 44.8 Å². The van der Waals surface area contributed by atoms with Gasteiger partial charge in [0.05, 0.1) is 44.1 Å². The summed E-state index contributed by atoms with van der Waals surface area (Å²) in [6.07, 6.45) is 2.95. The van der Waals surface area contributed by atoms with Crippen LogP contribution in [-0.4, -0.2) is 67.7 Å². The maximum absolute atomic E-state index is 5.02. The van der Waals surface area contributed by atoms with Crippen LogP contribution in [0.5, 0.6) is 0 Å². The van der Waals surface area contributed by atoms with E-state index in [1.54, 1.807) is 0 Å². The number of nitrogens with zero attached hydrogens (tertiary/aromatic N) is 14. The summed E-state index contributed by atoms with van der Waals surface area (Å²) < 4.78 is 11.2. The monoisotopic (exact) mass is 1460 g/mol. The lowest BCUT2D eigenvalue weighted by Gasteiger charge is -2.11. The largest absolute Gasteiger partial charge is 0.344 e. The third kappa shape index (κ3) is 14.4. The minimum absolute atomic E-state index is 0.622. The maximum Gasteiger partial charge on any atom is 0.239 e. The van der Waals surface area contributed by atoms with Gasteiger partial charge in [-0.25, -0.2) is 29.9 Å². The highest BCUT2D eigenvalue weighted by molar-refractivity contribution is 6.13. The van der Waals surface area contributed by atoms with Crippen molar-refractivity contribution in [3.05, 3.63) is 393 Å². The lowest BCUT2D eigenvalue weighted by atomic mass is 10.1. The van der Waals surface area contributed by atoms with Gasteiger partial charge in [-0.1, -0.05) is 266 Å². The molecule has 0 unspecified atom stereocenters. The molecule has 0 aliphatic rings. The fraction of sp³-hybridized carbons (Fsp3) is 0.0606. The number of fused-ring (bicyclic) bond motifs is 15. The summed E-state index contributed by atoms with van der Waals surface area (Å²) in [5, 5.41) is 12.7. The molecule has 0 spiro atoms. The van der Waals surface area contributed by atoms with Crippen molar-refractivity contribution in [2.75, 3.05) is 0 Å². The van der Waals surface area contributed by atoms with Gasteiger partial charge in [0.1, 0.15) is 30.1 Å². The van der Waals surface area contributed by atoms with Crippen LogP contribution in [0.4, 0.5) is 0 Å². The highest BCUT2D eigenvalue weighted by Crippen LogP contribution is 2.37. The van der Waals surface area contributed by atoms with Gasteiger partial charge in [0.15, 0.2) is 11.6 Å². The molecular weight excluding hydrogens is 1390 g/mol. The first-order valence-electron chi connectivity index (χ1n) is 37.7. The first-order chi connectivity index (χ1) is 55.6. The molecule has 0 fully saturated rings. The number of aryl methyl sites for hydroxylation is 6. The van der Waals surface area contributed by atoms with E-state index < -0.39 is 0 Å². The molecular formula is C99H78N14. The Morgan fingerprint density at radius 1 is 0.212 bits per heavy atom. The summed E-state index contributed by atoms with van der Waals surface area (Å²) in [7, 11) is 2.12. The van der Waals surface area contributed by atoms with Gasteiger partial charge in [-0.3, -0.25) is 9.13 Å². The highest BCUT2D eigenvalue weighted by atomic mass is 15.3. The Labute approximate surface area is 653 Å². The summed E-state index contributed by atoms with van der Waals surface area (Å²) in [5.41, 5.74) is 19.0. The highest BCUT2D eigenvalue weighted by Gasteiger charge is 2.20. The lowest BCUT2D eigenvalue weighted by molar-refractivity contribution is 0.855. The van der Waals surface area contributed by atoms with Crippen LogP contribution in [0.25, 0.3) is 155 Å². The van der Waals surface area contributed by atoms with E-state index in [1.807, 2.05) is 81.4 Å². The summed E-state index contributed by atoms with van der Waals surface area (Å²) in [6.45, 7) is 9.93. The second kappa shape index (κ2) is 31.7. The van der Waals surface area contributed by atoms with E-state index in [1.165, 1.54) is 122 Å². The van der Waals surface area contributed by atoms with E-state index >= 15 is 0 Å². The van der Waals surface area contributed by atoms with Gasteiger partial charge in [-0.15, -0.1) is 0 Å². The van der Waals surface area contributed by atoms with Crippen molar-refractivity contribution in [2.24, 2.45) is 7.05 Å². The van der Waals surface area contributed by atoms with Gasteiger partial charge in [-0.05, 0) is 131 Å². The molecule has 14 nitrogen and oxygen atoms in total. The molecule has 14 heteroatoms. The molecule has 0 atom stereocenters. The van der Waals surface area contributed by atoms with E-state index in [-0.39, 0.29) is 0 Å². The van der Waals surface area contributed by atoms with Crippen molar-refractivity contribution in [2.45, 2.75) is 34.6 Å². The third-order valence-electron chi connectivity index (χ3n) is 20.2. The van der Waals surface area contributed by atoms with Crippen molar-refractivity contribution in [1.29, 1.82) is 0 Å². The number of hydrogen-bond donors (Lipinski definition) is 0. The molecule has 544 valence electrons. The number of aromatic nitrogens is 14. The fourth-order valence-corrected chi connectivity index (χ4v) is 15.1. The van der Waals surface area contributed by atoms with E-state index in [0.29, 0.717) is 29.4 Å². The molecule has 8 aromatic heterocycles. The smallest absolute Gasteiger partial charge is 0.239 e. The molecule has 0 amide bonds. The molecule has 0 radical (unpaired) electrons. The van der Waals surface area contributed by atoms with Gasteiger partial charge in [0, 0.05) is 94.4 Å². The molecule has 8 heterocycles. The van der Waals surface area contributed by atoms with E-state index in [9.17, 15) is 0 Å². The molecule has 0 saturated carbocycles. The van der Waals surface area contributed by atoms with Crippen molar-refractivity contribution < 1.29 is 0 Å². The number of para-hydroxylation sites is 10. The third-order valence-corrected chi connectivity index (χ3v) is 20.2. The van der Waals surface area contributed by atoms with Crippen molar-refractivity contribution >= 4 is 109 Å². The zero-order chi connectivity index (χ0) is 76.7. The molecule has 0 bridgehead atoms. The van der Waals surface area contributed by atoms with Gasteiger partial charge < -0.3 is 13.7 Å².